The third-order valence-corrected chi connectivity index (χ3v) is 6.72. The molecule has 184 valence electrons. The molecule has 4 atom stereocenters. The summed E-state index contributed by atoms with van der Waals surface area (Å²) in [5.74, 6) is 0.409. The van der Waals surface area contributed by atoms with Crippen molar-refractivity contribution in [2.45, 2.75) is 40.7 Å². The average molecular weight is 476 g/mol. The molecule has 0 saturated heterocycles. The minimum atomic E-state index is -1.06. The summed E-state index contributed by atoms with van der Waals surface area (Å²) < 4.78 is 16.7. The smallest absolute Gasteiger partial charge is 0.330 e. The van der Waals surface area contributed by atoms with Crippen LogP contribution in [0.5, 0.6) is 11.5 Å². The van der Waals surface area contributed by atoms with E-state index in [0.717, 1.165) is 0 Å². The molecule has 0 heterocycles. The molecular formula is C29H33NO5. The standard InChI is InChI=1S/C29H33NO5/c1-19(2)20(3)18-33-26(31)15-14-24-27(29(24,4)5)28(32)35-25(17-30)21-10-9-13-23(16-21)34-22-11-7-6-8-12-22/h6-16,19-20,24-25,27H,18H2,1-5H3/b15-14-/t20?,24-,25+,27-/m0/s1. The number of allylic oxidation sites excluding steroid dienone is 1. The van der Waals surface area contributed by atoms with Gasteiger partial charge >= 0.3 is 11.9 Å². The van der Waals surface area contributed by atoms with E-state index in [-0.39, 0.29) is 17.3 Å². The minimum Gasteiger partial charge on any atom is -0.462 e. The van der Waals surface area contributed by atoms with Gasteiger partial charge < -0.3 is 14.2 Å². The van der Waals surface area contributed by atoms with Gasteiger partial charge in [0.25, 0.3) is 0 Å². The Hall–Kier alpha value is -3.59. The molecule has 0 aliphatic heterocycles. The first-order chi connectivity index (χ1) is 16.6. The van der Waals surface area contributed by atoms with E-state index in [1.54, 1.807) is 30.3 Å². The SMILES string of the molecule is CC(C)C(C)COC(=O)/C=C\[C@H]1[C@@H](C(=O)O[C@H](C#N)c2cccc(Oc3ccccc3)c2)C1(C)C. The molecule has 35 heavy (non-hydrogen) atoms. The maximum Gasteiger partial charge on any atom is 0.330 e. The van der Waals surface area contributed by atoms with Crippen LogP contribution in [0.15, 0.2) is 66.7 Å². The first-order valence-corrected chi connectivity index (χ1v) is 11.9. The van der Waals surface area contributed by atoms with Crippen molar-refractivity contribution in [2.75, 3.05) is 6.61 Å². The Balaban J connectivity index is 1.60. The molecule has 0 radical (unpaired) electrons. The maximum absolute atomic E-state index is 12.9. The molecule has 0 spiro atoms. The van der Waals surface area contributed by atoms with Crippen molar-refractivity contribution in [1.82, 2.24) is 0 Å². The van der Waals surface area contributed by atoms with Gasteiger partial charge in [-0.05, 0) is 47.4 Å². The molecule has 1 fully saturated rings. The van der Waals surface area contributed by atoms with Crippen molar-refractivity contribution in [2.24, 2.45) is 29.1 Å². The van der Waals surface area contributed by atoms with Crippen molar-refractivity contribution in [3.8, 4) is 17.6 Å². The van der Waals surface area contributed by atoms with Gasteiger partial charge in [0.1, 0.15) is 17.6 Å². The van der Waals surface area contributed by atoms with Gasteiger partial charge in [-0.25, -0.2) is 4.79 Å². The number of hydrogen-bond donors (Lipinski definition) is 0. The van der Waals surface area contributed by atoms with E-state index in [2.05, 4.69) is 19.9 Å². The Kier molecular flexibility index (Phi) is 8.34. The lowest BCUT2D eigenvalue weighted by Crippen LogP contribution is -2.15. The summed E-state index contributed by atoms with van der Waals surface area (Å²) in [5, 5.41) is 9.68. The summed E-state index contributed by atoms with van der Waals surface area (Å²) in [6.45, 7) is 10.4. The van der Waals surface area contributed by atoms with Crippen LogP contribution in [0.4, 0.5) is 0 Å². The van der Waals surface area contributed by atoms with Gasteiger partial charge in [0.2, 0.25) is 6.10 Å². The van der Waals surface area contributed by atoms with Gasteiger partial charge in [-0.3, -0.25) is 4.79 Å². The van der Waals surface area contributed by atoms with Crippen LogP contribution in [0, 0.1) is 40.4 Å². The number of nitrogens with zero attached hydrogens (tertiary/aromatic N) is 1. The minimum absolute atomic E-state index is 0.169. The van der Waals surface area contributed by atoms with Gasteiger partial charge in [0.15, 0.2) is 0 Å². The molecule has 1 saturated carbocycles. The molecule has 1 aliphatic carbocycles. The van der Waals surface area contributed by atoms with E-state index in [9.17, 15) is 14.9 Å². The summed E-state index contributed by atoms with van der Waals surface area (Å²) in [7, 11) is 0. The third-order valence-electron chi connectivity index (χ3n) is 6.72. The summed E-state index contributed by atoms with van der Waals surface area (Å²) in [6, 6.07) is 18.3. The topological polar surface area (TPSA) is 85.6 Å². The molecule has 0 N–H and O–H groups in total. The number of hydrogen-bond acceptors (Lipinski definition) is 6. The molecule has 0 aromatic heterocycles. The van der Waals surface area contributed by atoms with E-state index < -0.39 is 24.0 Å². The highest BCUT2D eigenvalue weighted by atomic mass is 16.5. The lowest BCUT2D eigenvalue weighted by atomic mass is 9.99. The molecule has 0 bridgehead atoms. The zero-order valence-corrected chi connectivity index (χ0v) is 20.9. The number of ether oxygens (including phenoxy) is 3. The van der Waals surface area contributed by atoms with Gasteiger partial charge in [0, 0.05) is 11.6 Å². The lowest BCUT2D eigenvalue weighted by Gasteiger charge is -2.14. The summed E-state index contributed by atoms with van der Waals surface area (Å²) >= 11 is 0. The van der Waals surface area contributed by atoms with Crippen LogP contribution in [-0.2, 0) is 19.1 Å². The van der Waals surface area contributed by atoms with Crippen LogP contribution in [0.3, 0.4) is 0 Å². The molecule has 1 unspecified atom stereocenters. The van der Waals surface area contributed by atoms with Gasteiger partial charge in [0.05, 0.1) is 12.5 Å². The Bertz CT molecular complexity index is 1100. The van der Waals surface area contributed by atoms with Gasteiger partial charge in [-0.2, -0.15) is 5.26 Å². The first-order valence-electron chi connectivity index (χ1n) is 11.9. The van der Waals surface area contributed by atoms with Crippen LogP contribution in [0.1, 0.15) is 46.3 Å². The number of carbonyl (C=O) groups is 2. The maximum atomic E-state index is 12.9. The second-order valence-electron chi connectivity index (χ2n) is 9.97. The Morgan fingerprint density at radius 2 is 1.74 bits per heavy atom. The molecular weight excluding hydrogens is 442 g/mol. The van der Waals surface area contributed by atoms with E-state index in [1.165, 1.54) is 6.08 Å². The molecule has 6 heteroatoms. The fourth-order valence-corrected chi connectivity index (χ4v) is 3.85. The predicted octanol–water partition coefficient (Wildman–Crippen LogP) is 6.25. The summed E-state index contributed by atoms with van der Waals surface area (Å²) in [4.78, 5) is 25.0. The van der Waals surface area contributed by atoms with Crippen LogP contribution >= 0.6 is 0 Å². The van der Waals surface area contributed by atoms with Crippen LogP contribution in [0.25, 0.3) is 0 Å². The number of esters is 2. The first kappa shape index (κ1) is 26.0. The molecule has 2 aromatic rings. The third kappa shape index (κ3) is 6.73. The number of nitriles is 1. The van der Waals surface area contributed by atoms with Crippen LogP contribution in [0.2, 0.25) is 0 Å². The monoisotopic (exact) mass is 475 g/mol. The van der Waals surface area contributed by atoms with Crippen molar-refractivity contribution in [3.05, 3.63) is 72.3 Å². The van der Waals surface area contributed by atoms with Crippen LogP contribution in [-0.4, -0.2) is 18.5 Å². The zero-order valence-electron chi connectivity index (χ0n) is 20.9. The fourth-order valence-electron chi connectivity index (χ4n) is 3.85. The molecule has 1 aliphatic rings. The van der Waals surface area contributed by atoms with E-state index in [1.807, 2.05) is 51.1 Å². The van der Waals surface area contributed by atoms with Crippen molar-refractivity contribution in [3.63, 3.8) is 0 Å². The van der Waals surface area contributed by atoms with Crippen molar-refractivity contribution >= 4 is 11.9 Å². The van der Waals surface area contributed by atoms with E-state index >= 15 is 0 Å². The Morgan fingerprint density at radius 1 is 1.06 bits per heavy atom. The van der Waals surface area contributed by atoms with Crippen molar-refractivity contribution in [1.29, 1.82) is 5.26 Å². The second kappa shape index (κ2) is 11.2. The average Bonchev–Trinajstić information content (AvgIpc) is 3.40. The van der Waals surface area contributed by atoms with Gasteiger partial charge in [-0.15, -0.1) is 0 Å². The summed E-state index contributed by atoms with van der Waals surface area (Å²) in [6.07, 6.45) is 2.04. The number of rotatable bonds is 10. The summed E-state index contributed by atoms with van der Waals surface area (Å²) in [5.41, 5.74) is 0.153. The highest BCUT2D eigenvalue weighted by Gasteiger charge is 2.61. The van der Waals surface area contributed by atoms with E-state index in [4.69, 9.17) is 14.2 Å². The number of carbonyl (C=O) groups excluding carboxylic acids is 2. The van der Waals surface area contributed by atoms with Crippen LogP contribution < -0.4 is 4.74 Å². The zero-order chi connectivity index (χ0) is 25.6. The Labute approximate surface area is 207 Å². The highest BCUT2D eigenvalue weighted by molar-refractivity contribution is 5.83. The predicted molar refractivity (Wildman–Crippen MR) is 132 cm³/mol. The van der Waals surface area contributed by atoms with E-state index in [0.29, 0.717) is 29.6 Å². The lowest BCUT2D eigenvalue weighted by molar-refractivity contribution is -0.149. The number of para-hydroxylation sites is 1. The quantitative estimate of drug-likeness (QED) is 0.298. The van der Waals surface area contributed by atoms with Gasteiger partial charge in [-0.1, -0.05) is 71.0 Å². The largest absolute Gasteiger partial charge is 0.462 e. The number of benzene rings is 2. The second-order valence-corrected chi connectivity index (χ2v) is 9.97. The molecule has 0 amide bonds. The molecule has 6 nitrogen and oxygen atoms in total. The normalized spacial score (nSPS) is 20.0. The Morgan fingerprint density at radius 3 is 2.40 bits per heavy atom. The molecule has 2 aromatic carbocycles. The fraction of sp³-hybridized carbons (Fsp3) is 0.414. The molecule has 3 rings (SSSR count). The van der Waals surface area contributed by atoms with Crippen molar-refractivity contribution < 1.29 is 23.8 Å². The highest BCUT2D eigenvalue weighted by Crippen LogP contribution is 2.59.